The Hall–Kier alpha value is -2.87. The van der Waals surface area contributed by atoms with Crippen LogP contribution in [0.25, 0.3) is 11.4 Å². The van der Waals surface area contributed by atoms with Gasteiger partial charge in [0.05, 0.1) is 12.9 Å². The first-order valence-corrected chi connectivity index (χ1v) is 9.61. The summed E-state index contributed by atoms with van der Waals surface area (Å²) in [7, 11) is 5.21. The van der Waals surface area contributed by atoms with Crippen LogP contribution in [0.3, 0.4) is 0 Å². The number of hydrogen-bond donors (Lipinski definition) is 0. The van der Waals surface area contributed by atoms with Crippen LogP contribution in [0.2, 0.25) is 0 Å². The number of carbonyl (C=O) groups excluding carboxylic acids is 1. The molecule has 3 aromatic rings. The SMILES string of the molecule is COc1cccc(CN(C)C(=O)CSc2nnc(-c3ccc(F)cc3)n2C)c1. The number of hydrogen-bond acceptors (Lipinski definition) is 5. The molecule has 0 fully saturated rings. The monoisotopic (exact) mass is 400 g/mol. The lowest BCUT2D eigenvalue weighted by Crippen LogP contribution is -2.27. The molecule has 0 bridgehead atoms. The highest BCUT2D eigenvalue weighted by atomic mass is 32.2. The van der Waals surface area contributed by atoms with Gasteiger partial charge in [0, 0.05) is 26.2 Å². The molecule has 0 aliphatic carbocycles. The average molecular weight is 400 g/mol. The van der Waals surface area contributed by atoms with Crippen molar-refractivity contribution in [1.82, 2.24) is 19.7 Å². The third-order valence-corrected chi connectivity index (χ3v) is 5.25. The molecule has 0 unspecified atom stereocenters. The summed E-state index contributed by atoms with van der Waals surface area (Å²) >= 11 is 1.32. The van der Waals surface area contributed by atoms with E-state index in [1.54, 1.807) is 35.8 Å². The van der Waals surface area contributed by atoms with E-state index in [2.05, 4.69) is 10.2 Å². The standard InChI is InChI=1S/C20H21FN4O2S/c1-24(12-14-5-4-6-17(11-14)27-3)18(26)13-28-20-23-22-19(25(20)2)15-7-9-16(21)10-8-15/h4-11H,12-13H2,1-3H3. The van der Waals surface area contributed by atoms with Gasteiger partial charge in [0.2, 0.25) is 5.91 Å². The van der Waals surface area contributed by atoms with Crippen LogP contribution in [0.5, 0.6) is 5.75 Å². The molecular formula is C20H21FN4O2S. The number of thioether (sulfide) groups is 1. The maximum Gasteiger partial charge on any atom is 0.233 e. The molecule has 0 atom stereocenters. The van der Waals surface area contributed by atoms with Crippen LogP contribution in [0.4, 0.5) is 4.39 Å². The Labute approximate surface area is 167 Å². The van der Waals surface area contributed by atoms with Gasteiger partial charge in [-0.25, -0.2) is 4.39 Å². The minimum Gasteiger partial charge on any atom is -0.497 e. The maximum absolute atomic E-state index is 13.1. The van der Waals surface area contributed by atoms with Crippen molar-refractivity contribution in [2.45, 2.75) is 11.7 Å². The van der Waals surface area contributed by atoms with Gasteiger partial charge in [-0.15, -0.1) is 10.2 Å². The summed E-state index contributed by atoms with van der Waals surface area (Å²) in [6, 6.07) is 13.7. The zero-order valence-electron chi connectivity index (χ0n) is 15.9. The quantitative estimate of drug-likeness (QED) is 0.569. The molecule has 0 saturated heterocycles. The number of benzene rings is 2. The number of methoxy groups -OCH3 is 1. The van der Waals surface area contributed by atoms with Crippen molar-refractivity contribution in [1.29, 1.82) is 0 Å². The first-order valence-electron chi connectivity index (χ1n) is 8.63. The number of carbonyl (C=O) groups is 1. The lowest BCUT2D eigenvalue weighted by atomic mass is 10.2. The van der Waals surface area contributed by atoms with Crippen LogP contribution in [0, 0.1) is 5.82 Å². The fourth-order valence-electron chi connectivity index (χ4n) is 2.66. The molecule has 2 aromatic carbocycles. The van der Waals surface area contributed by atoms with Crippen molar-refractivity contribution < 1.29 is 13.9 Å². The first-order chi connectivity index (χ1) is 13.5. The van der Waals surface area contributed by atoms with Gasteiger partial charge < -0.3 is 14.2 Å². The smallest absolute Gasteiger partial charge is 0.233 e. The summed E-state index contributed by atoms with van der Waals surface area (Å²) in [5, 5.41) is 8.93. The Morgan fingerprint density at radius 3 is 2.68 bits per heavy atom. The zero-order chi connectivity index (χ0) is 20.1. The Balaban J connectivity index is 1.60. The van der Waals surface area contributed by atoms with E-state index in [1.807, 2.05) is 31.3 Å². The highest BCUT2D eigenvalue weighted by molar-refractivity contribution is 7.99. The van der Waals surface area contributed by atoms with E-state index in [0.29, 0.717) is 17.5 Å². The molecule has 0 spiro atoms. The van der Waals surface area contributed by atoms with Crippen LogP contribution >= 0.6 is 11.8 Å². The van der Waals surface area contributed by atoms with Crippen molar-refractivity contribution in [2.75, 3.05) is 19.9 Å². The normalized spacial score (nSPS) is 10.7. The fraction of sp³-hybridized carbons (Fsp3) is 0.250. The Morgan fingerprint density at radius 2 is 1.96 bits per heavy atom. The second-order valence-corrected chi connectivity index (χ2v) is 7.20. The lowest BCUT2D eigenvalue weighted by Gasteiger charge is -2.17. The van der Waals surface area contributed by atoms with Crippen LogP contribution in [0.1, 0.15) is 5.56 Å². The molecule has 0 aliphatic rings. The molecule has 1 aromatic heterocycles. The average Bonchev–Trinajstić information content (AvgIpc) is 3.07. The van der Waals surface area contributed by atoms with Crippen molar-refractivity contribution >= 4 is 17.7 Å². The minimum absolute atomic E-state index is 0.0147. The van der Waals surface area contributed by atoms with Crippen molar-refractivity contribution in [3.05, 3.63) is 59.9 Å². The molecule has 1 heterocycles. The van der Waals surface area contributed by atoms with E-state index in [4.69, 9.17) is 4.74 Å². The van der Waals surface area contributed by atoms with E-state index in [9.17, 15) is 9.18 Å². The molecule has 0 N–H and O–H groups in total. The van der Waals surface area contributed by atoms with Crippen molar-refractivity contribution in [2.24, 2.45) is 7.05 Å². The van der Waals surface area contributed by atoms with E-state index in [0.717, 1.165) is 16.9 Å². The van der Waals surface area contributed by atoms with Gasteiger partial charge in [-0.1, -0.05) is 23.9 Å². The van der Waals surface area contributed by atoms with Crippen molar-refractivity contribution in [3.8, 4) is 17.1 Å². The molecule has 1 amide bonds. The van der Waals surface area contributed by atoms with Gasteiger partial charge in [0.15, 0.2) is 11.0 Å². The highest BCUT2D eigenvalue weighted by Gasteiger charge is 2.15. The third-order valence-electron chi connectivity index (χ3n) is 4.24. The van der Waals surface area contributed by atoms with E-state index in [1.165, 1.54) is 23.9 Å². The Kier molecular flexibility index (Phi) is 6.30. The summed E-state index contributed by atoms with van der Waals surface area (Å²) in [6.45, 7) is 0.496. The van der Waals surface area contributed by atoms with Gasteiger partial charge >= 0.3 is 0 Å². The molecule has 146 valence electrons. The number of aromatic nitrogens is 3. The van der Waals surface area contributed by atoms with Crippen LogP contribution in [-0.4, -0.2) is 45.5 Å². The van der Waals surface area contributed by atoms with E-state index in [-0.39, 0.29) is 17.5 Å². The van der Waals surface area contributed by atoms with Crippen LogP contribution in [-0.2, 0) is 18.4 Å². The number of halogens is 1. The predicted molar refractivity (Wildman–Crippen MR) is 107 cm³/mol. The number of amides is 1. The molecule has 8 heteroatoms. The molecule has 0 aliphatic heterocycles. The third kappa shape index (κ3) is 4.69. The highest BCUT2D eigenvalue weighted by Crippen LogP contribution is 2.23. The van der Waals surface area contributed by atoms with E-state index >= 15 is 0 Å². The van der Waals surface area contributed by atoms with Crippen molar-refractivity contribution in [3.63, 3.8) is 0 Å². The summed E-state index contributed by atoms with van der Waals surface area (Å²) < 4.78 is 20.1. The number of nitrogens with zero attached hydrogens (tertiary/aromatic N) is 4. The lowest BCUT2D eigenvalue weighted by molar-refractivity contribution is -0.127. The molecule has 0 radical (unpaired) electrons. The second-order valence-electron chi connectivity index (χ2n) is 6.26. The minimum atomic E-state index is -0.301. The fourth-order valence-corrected chi connectivity index (χ4v) is 3.51. The van der Waals surface area contributed by atoms with Gasteiger partial charge in [-0.2, -0.15) is 0 Å². The number of rotatable bonds is 7. The Morgan fingerprint density at radius 1 is 1.21 bits per heavy atom. The molecule has 3 rings (SSSR count). The van der Waals surface area contributed by atoms with Crippen LogP contribution in [0.15, 0.2) is 53.7 Å². The molecule has 28 heavy (non-hydrogen) atoms. The molecule has 6 nitrogen and oxygen atoms in total. The van der Waals surface area contributed by atoms with Gasteiger partial charge in [-0.05, 0) is 42.0 Å². The zero-order valence-corrected chi connectivity index (χ0v) is 16.7. The van der Waals surface area contributed by atoms with Gasteiger partial charge in [0.1, 0.15) is 11.6 Å². The molecular weight excluding hydrogens is 379 g/mol. The first kappa shape index (κ1) is 19.9. The maximum atomic E-state index is 13.1. The van der Waals surface area contributed by atoms with Crippen LogP contribution < -0.4 is 4.74 Å². The number of ether oxygens (including phenoxy) is 1. The van der Waals surface area contributed by atoms with Gasteiger partial charge in [-0.3, -0.25) is 4.79 Å². The van der Waals surface area contributed by atoms with Gasteiger partial charge in [0.25, 0.3) is 0 Å². The summed E-state index contributed by atoms with van der Waals surface area (Å²) in [5.74, 6) is 1.32. The summed E-state index contributed by atoms with van der Waals surface area (Å²) in [6.07, 6.45) is 0. The summed E-state index contributed by atoms with van der Waals surface area (Å²) in [5.41, 5.74) is 1.77. The second kappa shape index (κ2) is 8.88. The summed E-state index contributed by atoms with van der Waals surface area (Å²) in [4.78, 5) is 14.1. The largest absolute Gasteiger partial charge is 0.497 e. The molecule has 0 saturated carbocycles. The Bertz CT molecular complexity index is 959. The topological polar surface area (TPSA) is 60.2 Å². The predicted octanol–water partition coefficient (Wildman–Crippen LogP) is 3.38. The van der Waals surface area contributed by atoms with E-state index < -0.39 is 0 Å².